The Morgan fingerprint density at radius 1 is 0.560 bits per heavy atom. The third-order valence-corrected chi connectivity index (χ3v) is 5.06. The molecule has 0 aliphatic heterocycles. The van der Waals surface area contributed by atoms with Crippen LogP contribution in [-0.4, -0.2) is 11.2 Å². The summed E-state index contributed by atoms with van der Waals surface area (Å²) in [5.74, 6) is 0. The first-order valence-electron chi connectivity index (χ1n) is 8.14. The van der Waals surface area contributed by atoms with Crippen LogP contribution in [0.2, 0.25) is 0 Å². The van der Waals surface area contributed by atoms with E-state index in [1.54, 1.807) is 0 Å². The minimum atomic E-state index is -0.0334. The monoisotopic (exact) mass is 470 g/mol. The van der Waals surface area contributed by atoms with Crippen LogP contribution in [0.15, 0.2) is 60.7 Å². The molecule has 2 unspecified atom stereocenters. The predicted molar refractivity (Wildman–Crippen MR) is 110 cm³/mol. The van der Waals surface area contributed by atoms with E-state index in [4.69, 9.17) is 9.05 Å². The molecule has 2 atom stereocenters. The van der Waals surface area contributed by atoms with Gasteiger partial charge in [0.25, 0.3) is 0 Å². The van der Waals surface area contributed by atoms with Crippen molar-refractivity contribution in [2.45, 2.75) is 52.7 Å². The largest absolute Gasteiger partial charge is 0.352 e. The van der Waals surface area contributed by atoms with Crippen molar-refractivity contribution in [2.24, 2.45) is 0 Å². The van der Waals surface area contributed by atoms with Gasteiger partial charge in [0.15, 0.2) is 0 Å². The van der Waals surface area contributed by atoms with E-state index < -0.39 is 0 Å². The summed E-state index contributed by atoms with van der Waals surface area (Å²) in [5.41, 5.74) is -0.0669. The summed E-state index contributed by atoms with van der Waals surface area (Å²) in [6.07, 6.45) is 0. The molecule has 25 heavy (non-hydrogen) atoms. The summed E-state index contributed by atoms with van der Waals surface area (Å²) in [7, 11) is 0.912. The second-order valence-corrected chi connectivity index (χ2v) is 9.34. The molecule has 0 aliphatic rings. The second-order valence-electron chi connectivity index (χ2n) is 7.37. The van der Waals surface area contributed by atoms with Crippen molar-refractivity contribution >= 4 is 28.2 Å². The van der Waals surface area contributed by atoms with Crippen molar-refractivity contribution in [1.29, 1.82) is 0 Å². The van der Waals surface area contributed by atoms with Gasteiger partial charge in [-0.3, -0.25) is 0 Å². The minimum absolute atomic E-state index is 0. The van der Waals surface area contributed by atoms with Crippen LogP contribution in [-0.2, 0) is 29.5 Å². The second kappa shape index (κ2) is 12.3. The van der Waals surface area contributed by atoms with E-state index >= 15 is 0 Å². The molecule has 0 amide bonds. The number of rotatable bonds is 4. The zero-order valence-corrected chi connectivity index (χ0v) is 19.5. The van der Waals surface area contributed by atoms with Gasteiger partial charge in [0, 0.05) is 38.0 Å². The smallest absolute Gasteiger partial charge is 0.0642 e. The molecule has 2 aromatic carbocycles. The Morgan fingerprint density at radius 2 is 0.840 bits per heavy atom. The topological polar surface area (TPSA) is 18.5 Å². The summed E-state index contributed by atoms with van der Waals surface area (Å²) >= 11 is 0. The zero-order chi connectivity index (χ0) is 18.1. The molecule has 2 aromatic rings. The fourth-order valence-electron chi connectivity index (χ4n) is 1.44. The average Bonchev–Trinajstić information content (AvgIpc) is 2.52. The van der Waals surface area contributed by atoms with Crippen molar-refractivity contribution in [3.63, 3.8) is 0 Å². The summed E-state index contributed by atoms with van der Waals surface area (Å²) in [5, 5.41) is 2.51. The molecular weight excluding hydrogens is 441 g/mol. The molecule has 2 nitrogen and oxygen atoms in total. The van der Waals surface area contributed by atoms with E-state index in [1.807, 2.05) is 36.4 Å². The molecule has 0 aliphatic carbocycles. The van der Waals surface area contributed by atoms with Gasteiger partial charge in [0.2, 0.25) is 0 Å². The van der Waals surface area contributed by atoms with E-state index in [0.29, 0.717) is 17.6 Å². The summed E-state index contributed by atoms with van der Waals surface area (Å²) in [6.45, 7) is 12.4. The summed E-state index contributed by atoms with van der Waals surface area (Å²) in [4.78, 5) is 0. The Kier molecular flexibility index (Phi) is 12.2. The van der Waals surface area contributed by atoms with Crippen LogP contribution in [0.5, 0.6) is 0 Å². The first-order chi connectivity index (χ1) is 11.2. The standard InChI is InChI=1S/2C10H15OP.Pd/c2*1-10(2,3)11-12-9-7-5-4-6-8-9;/h2*4-8,12H,1-3H3;. The maximum absolute atomic E-state index is 5.64. The van der Waals surface area contributed by atoms with Crippen LogP contribution in [0.25, 0.3) is 0 Å². The van der Waals surface area contributed by atoms with Crippen molar-refractivity contribution in [3.05, 3.63) is 60.7 Å². The molecule has 2 rings (SSSR count). The van der Waals surface area contributed by atoms with Gasteiger partial charge in [-0.25, -0.2) is 0 Å². The van der Waals surface area contributed by atoms with E-state index in [0.717, 1.165) is 0 Å². The first kappa shape index (κ1) is 24.9. The Bertz CT molecular complexity index is 510. The number of hydrogen-bond acceptors (Lipinski definition) is 2. The van der Waals surface area contributed by atoms with Crippen molar-refractivity contribution in [3.8, 4) is 0 Å². The first-order valence-corrected chi connectivity index (χ1v) is 9.95. The van der Waals surface area contributed by atoms with Crippen LogP contribution < -0.4 is 10.6 Å². The summed E-state index contributed by atoms with van der Waals surface area (Å²) < 4.78 is 11.3. The van der Waals surface area contributed by atoms with Crippen LogP contribution >= 0.6 is 17.6 Å². The van der Waals surface area contributed by atoms with Crippen LogP contribution in [0.1, 0.15) is 41.5 Å². The quantitative estimate of drug-likeness (QED) is 0.438. The minimum Gasteiger partial charge on any atom is -0.352 e. The number of benzene rings is 2. The fourth-order valence-corrected chi connectivity index (χ4v) is 2.94. The SMILES string of the molecule is CC(C)(C)OPc1ccccc1.CC(C)(C)OPc1ccccc1.[Pd]. The molecule has 0 N–H and O–H groups in total. The Balaban J connectivity index is 0.000000443. The van der Waals surface area contributed by atoms with Gasteiger partial charge in [0.05, 0.1) is 11.2 Å². The Hall–Kier alpha value is -0.118. The molecule has 5 heteroatoms. The summed E-state index contributed by atoms with van der Waals surface area (Å²) in [6, 6.07) is 20.5. The van der Waals surface area contributed by atoms with Crippen molar-refractivity contribution in [1.82, 2.24) is 0 Å². The number of hydrogen-bond donors (Lipinski definition) is 0. The molecule has 0 radical (unpaired) electrons. The van der Waals surface area contributed by atoms with Gasteiger partial charge in [-0.15, -0.1) is 0 Å². The van der Waals surface area contributed by atoms with E-state index in [9.17, 15) is 0 Å². The van der Waals surface area contributed by atoms with E-state index in [1.165, 1.54) is 10.6 Å². The third-order valence-electron chi connectivity index (χ3n) is 2.50. The van der Waals surface area contributed by atoms with E-state index in [2.05, 4.69) is 65.8 Å². The van der Waals surface area contributed by atoms with Crippen molar-refractivity contribution < 1.29 is 29.5 Å². The third kappa shape index (κ3) is 14.7. The predicted octanol–water partition coefficient (Wildman–Crippen LogP) is 5.44. The maximum atomic E-state index is 5.64. The molecule has 0 fully saturated rings. The zero-order valence-electron chi connectivity index (χ0n) is 15.9. The average molecular weight is 471 g/mol. The van der Waals surface area contributed by atoms with Gasteiger partial charge in [-0.05, 0) is 52.2 Å². The van der Waals surface area contributed by atoms with Gasteiger partial charge >= 0.3 is 0 Å². The molecule has 0 aromatic heterocycles. The van der Waals surface area contributed by atoms with Crippen LogP contribution in [0.3, 0.4) is 0 Å². The van der Waals surface area contributed by atoms with Crippen LogP contribution in [0, 0.1) is 0 Å². The van der Waals surface area contributed by atoms with E-state index in [-0.39, 0.29) is 31.6 Å². The molecule has 142 valence electrons. The molecule has 0 saturated heterocycles. The molecule has 0 spiro atoms. The molecular formula is C20H30O2P2Pd. The normalized spacial score (nSPS) is 12.1. The fraction of sp³-hybridized carbons (Fsp3) is 0.400. The van der Waals surface area contributed by atoms with Gasteiger partial charge in [-0.2, -0.15) is 0 Å². The Labute approximate surface area is 170 Å². The Morgan fingerprint density at radius 3 is 1.08 bits per heavy atom. The molecule has 0 saturated carbocycles. The maximum Gasteiger partial charge on any atom is 0.0642 e. The van der Waals surface area contributed by atoms with Crippen molar-refractivity contribution in [2.75, 3.05) is 0 Å². The van der Waals surface area contributed by atoms with Gasteiger partial charge in [-0.1, -0.05) is 60.7 Å². The molecule has 0 heterocycles. The van der Waals surface area contributed by atoms with Gasteiger partial charge in [0.1, 0.15) is 0 Å². The van der Waals surface area contributed by atoms with Crippen LogP contribution in [0.4, 0.5) is 0 Å². The molecule has 0 bridgehead atoms. The van der Waals surface area contributed by atoms with Gasteiger partial charge < -0.3 is 9.05 Å².